The lowest BCUT2D eigenvalue weighted by Crippen LogP contribution is -1.87. The molecule has 2 N–H and O–H groups in total. The van der Waals surface area contributed by atoms with Gasteiger partial charge < -0.3 is 10.1 Å². The number of halogens is 1. The van der Waals surface area contributed by atoms with Gasteiger partial charge >= 0.3 is 5.97 Å². The summed E-state index contributed by atoms with van der Waals surface area (Å²) >= 11 is 0. The molecule has 0 spiro atoms. The Bertz CT molecular complexity index is 520. The SMILES string of the molecule is Cl.O=C(O)/C=C\c1[nH]cnc1-c1ccccc1. The van der Waals surface area contributed by atoms with E-state index in [-0.39, 0.29) is 12.4 Å². The van der Waals surface area contributed by atoms with E-state index < -0.39 is 5.97 Å². The van der Waals surface area contributed by atoms with E-state index >= 15 is 0 Å². The first-order valence-corrected chi connectivity index (χ1v) is 4.77. The van der Waals surface area contributed by atoms with Crippen LogP contribution in [0.1, 0.15) is 5.69 Å². The van der Waals surface area contributed by atoms with Crippen molar-refractivity contribution in [1.29, 1.82) is 0 Å². The minimum absolute atomic E-state index is 0. The highest BCUT2D eigenvalue weighted by Gasteiger charge is 2.04. The first kappa shape index (κ1) is 13.0. The fraction of sp³-hybridized carbons (Fsp3) is 0. The Morgan fingerprint density at radius 1 is 1.29 bits per heavy atom. The molecule has 0 radical (unpaired) electrons. The number of nitrogens with one attached hydrogen (secondary N) is 1. The first-order valence-electron chi connectivity index (χ1n) is 4.77. The Kier molecular flexibility index (Phi) is 4.48. The molecule has 4 nitrogen and oxygen atoms in total. The molecule has 0 fully saturated rings. The smallest absolute Gasteiger partial charge is 0.328 e. The van der Waals surface area contributed by atoms with E-state index in [2.05, 4.69) is 9.97 Å². The lowest BCUT2D eigenvalue weighted by atomic mass is 10.1. The van der Waals surface area contributed by atoms with E-state index in [4.69, 9.17) is 5.11 Å². The van der Waals surface area contributed by atoms with Crippen molar-refractivity contribution in [2.24, 2.45) is 0 Å². The molecule has 0 saturated carbocycles. The second-order valence-electron chi connectivity index (χ2n) is 3.20. The van der Waals surface area contributed by atoms with Crippen LogP contribution in [0.3, 0.4) is 0 Å². The minimum atomic E-state index is -0.978. The maximum Gasteiger partial charge on any atom is 0.328 e. The van der Waals surface area contributed by atoms with Crippen molar-refractivity contribution in [3.05, 3.63) is 48.4 Å². The highest BCUT2D eigenvalue weighted by atomic mass is 35.5. The Balaban J connectivity index is 0.00000144. The Labute approximate surface area is 104 Å². The van der Waals surface area contributed by atoms with Crippen LogP contribution in [0.5, 0.6) is 0 Å². The number of carboxylic acids is 1. The van der Waals surface area contributed by atoms with Crippen LogP contribution in [0.2, 0.25) is 0 Å². The van der Waals surface area contributed by atoms with E-state index in [1.807, 2.05) is 30.3 Å². The summed E-state index contributed by atoms with van der Waals surface area (Å²) in [4.78, 5) is 17.5. The summed E-state index contributed by atoms with van der Waals surface area (Å²) in [6.07, 6.45) is 4.13. The standard InChI is InChI=1S/C12H10N2O2.ClH/c15-11(16)7-6-10-12(14-8-13-10)9-4-2-1-3-5-9;/h1-8H,(H,13,14)(H,15,16);1H/b7-6-;. The third-order valence-corrected chi connectivity index (χ3v) is 2.11. The molecule has 0 atom stereocenters. The summed E-state index contributed by atoms with van der Waals surface area (Å²) in [6.45, 7) is 0. The average Bonchev–Trinajstić information content (AvgIpc) is 2.75. The fourth-order valence-corrected chi connectivity index (χ4v) is 1.41. The van der Waals surface area contributed by atoms with Crippen molar-refractivity contribution in [3.8, 4) is 11.3 Å². The van der Waals surface area contributed by atoms with Gasteiger partial charge in [-0.05, 0) is 6.08 Å². The van der Waals surface area contributed by atoms with Crippen molar-refractivity contribution < 1.29 is 9.90 Å². The van der Waals surface area contributed by atoms with Crippen LogP contribution < -0.4 is 0 Å². The van der Waals surface area contributed by atoms with Crippen LogP contribution in [0.4, 0.5) is 0 Å². The molecule has 1 heterocycles. The molecule has 1 aromatic heterocycles. The van der Waals surface area contributed by atoms with E-state index in [0.717, 1.165) is 17.3 Å². The molecule has 2 aromatic rings. The second-order valence-corrected chi connectivity index (χ2v) is 3.20. The number of benzene rings is 1. The molecule has 0 aliphatic rings. The number of nitrogens with zero attached hydrogens (tertiary/aromatic N) is 1. The van der Waals surface area contributed by atoms with Crippen LogP contribution in [-0.4, -0.2) is 21.0 Å². The number of aliphatic carboxylic acids is 1. The normalized spacial score (nSPS) is 10.1. The molecule has 5 heteroatoms. The maximum absolute atomic E-state index is 10.4. The van der Waals surface area contributed by atoms with Crippen molar-refractivity contribution in [3.63, 3.8) is 0 Å². The van der Waals surface area contributed by atoms with E-state index in [1.54, 1.807) is 6.33 Å². The number of rotatable bonds is 3. The number of H-pyrrole nitrogens is 1. The molecule has 0 saturated heterocycles. The molecule has 2 rings (SSSR count). The quantitative estimate of drug-likeness (QED) is 0.823. The Morgan fingerprint density at radius 3 is 2.65 bits per heavy atom. The third kappa shape index (κ3) is 3.19. The van der Waals surface area contributed by atoms with E-state index in [9.17, 15) is 4.79 Å². The van der Waals surface area contributed by atoms with E-state index in [1.165, 1.54) is 6.08 Å². The molecule has 17 heavy (non-hydrogen) atoms. The monoisotopic (exact) mass is 250 g/mol. The van der Waals surface area contributed by atoms with Gasteiger partial charge in [-0.3, -0.25) is 0 Å². The van der Waals surface area contributed by atoms with Gasteiger partial charge in [0.05, 0.1) is 17.7 Å². The van der Waals surface area contributed by atoms with E-state index in [0.29, 0.717) is 5.69 Å². The van der Waals surface area contributed by atoms with Crippen LogP contribution in [0, 0.1) is 0 Å². The van der Waals surface area contributed by atoms with Crippen LogP contribution in [0.15, 0.2) is 42.7 Å². The molecule has 0 aliphatic carbocycles. The summed E-state index contributed by atoms with van der Waals surface area (Å²) in [5, 5.41) is 8.55. The minimum Gasteiger partial charge on any atom is -0.478 e. The van der Waals surface area contributed by atoms with Crippen molar-refractivity contribution >= 4 is 24.5 Å². The predicted octanol–water partition coefficient (Wildman–Crippen LogP) is 2.60. The van der Waals surface area contributed by atoms with Crippen LogP contribution in [0.25, 0.3) is 17.3 Å². The lowest BCUT2D eigenvalue weighted by Gasteiger charge is -1.97. The van der Waals surface area contributed by atoms with Crippen LogP contribution in [-0.2, 0) is 4.79 Å². The fourth-order valence-electron chi connectivity index (χ4n) is 1.41. The van der Waals surface area contributed by atoms with Crippen LogP contribution >= 0.6 is 12.4 Å². The van der Waals surface area contributed by atoms with Gasteiger partial charge in [-0.15, -0.1) is 12.4 Å². The summed E-state index contributed by atoms with van der Waals surface area (Å²) in [5.41, 5.74) is 2.39. The highest BCUT2D eigenvalue weighted by Crippen LogP contribution is 2.20. The first-order chi connectivity index (χ1) is 7.77. The van der Waals surface area contributed by atoms with Gasteiger partial charge in [-0.25, -0.2) is 9.78 Å². The van der Waals surface area contributed by atoms with Gasteiger partial charge in [-0.2, -0.15) is 0 Å². The molecule has 0 aliphatic heterocycles. The van der Waals surface area contributed by atoms with Gasteiger partial charge in [0.1, 0.15) is 0 Å². The summed E-state index contributed by atoms with van der Waals surface area (Å²) in [5.74, 6) is -0.978. The number of carbonyl (C=O) groups is 1. The maximum atomic E-state index is 10.4. The topological polar surface area (TPSA) is 66.0 Å². The summed E-state index contributed by atoms with van der Waals surface area (Å²) in [6, 6.07) is 9.59. The molecule has 0 amide bonds. The average molecular weight is 251 g/mol. The molecular weight excluding hydrogens is 240 g/mol. The van der Waals surface area contributed by atoms with Gasteiger partial charge in [-0.1, -0.05) is 30.3 Å². The summed E-state index contributed by atoms with van der Waals surface area (Å²) in [7, 11) is 0. The Hall–Kier alpha value is -2.07. The van der Waals surface area contributed by atoms with Gasteiger partial charge in [0, 0.05) is 11.6 Å². The molecule has 1 aromatic carbocycles. The second kappa shape index (κ2) is 5.86. The van der Waals surface area contributed by atoms with Gasteiger partial charge in [0.2, 0.25) is 0 Å². The summed E-state index contributed by atoms with van der Waals surface area (Å²) < 4.78 is 0. The molecule has 0 bridgehead atoms. The predicted molar refractivity (Wildman–Crippen MR) is 67.9 cm³/mol. The number of hydrogen-bond acceptors (Lipinski definition) is 2. The largest absolute Gasteiger partial charge is 0.478 e. The highest BCUT2D eigenvalue weighted by molar-refractivity contribution is 5.86. The molecule has 88 valence electrons. The third-order valence-electron chi connectivity index (χ3n) is 2.11. The molecule has 0 unspecified atom stereocenters. The van der Waals surface area contributed by atoms with Gasteiger partial charge in [0.15, 0.2) is 0 Å². The number of aromatic nitrogens is 2. The van der Waals surface area contributed by atoms with Crippen molar-refractivity contribution in [1.82, 2.24) is 9.97 Å². The van der Waals surface area contributed by atoms with Crippen molar-refractivity contribution in [2.75, 3.05) is 0 Å². The Morgan fingerprint density at radius 2 is 2.00 bits per heavy atom. The van der Waals surface area contributed by atoms with Crippen molar-refractivity contribution in [2.45, 2.75) is 0 Å². The number of imidazole rings is 1. The number of carboxylic acid groups (broad SMARTS) is 1. The van der Waals surface area contributed by atoms with Gasteiger partial charge in [0.25, 0.3) is 0 Å². The zero-order chi connectivity index (χ0) is 11.4. The zero-order valence-electron chi connectivity index (χ0n) is 8.83. The lowest BCUT2D eigenvalue weighted by molar-refractivity contribution is -0.131. The number of hydrogen-bond donors (Lipinski definition) is 2. The zero-order valence-corrected chi connectivity index (χ0v) is 9.65. The number of aromatic amines is 1. The molecular formula is C12H11ClN2O2.